The minimum Gasteiger partial charge on any atom is -0.493 e. The fraction of sp³-hybridized carbons (Fsp3) is 0.174. The third-order valence-electron chi connectivity index (χ3n) is 4.49. The first-order valence-electron chi connectivity index (χ1n) is 8.93. The smallest absolute Gasteiger partial charge is 0.174 e. The Kier molecular flexibility index (Phi) is 7.44. The summed E-state index contributed by atoms with van der Waals surface area (Å²) >= 11 is 14.4. The second kappa shape index (κ2) is 9.83. The predicted molar refractivity (Wildman–Crippen MR) is 130 cm³/mol. The molecule has 6 heteroatoms. The van der Waals surface area contributed by atoms with Gasteiger partial charge in [0, 0.05) is 21.8 Å². The third kappa shape index (κ3) is 5.65. The lowest BCUT2D eigenvalue weighted by molar-refractivity contribution is 0.282. The molecule has 0 saturated heterocycles. The van der Waals surface area contributed by atoms with Gasteiger partial charge in [-0.15, -0.1) is 0 Å². The number of nitrogens with zero attached hydrogens (tertiary/aromatic N) is 1. The summed E-state index contributed by atoms with van der Waals surface area (Å²) in [7, 11) is 1.62. The topological polar surface area (TPSA) is 30.8 Å². The van der Waals surface area contributed by atoms with Crippen LogP contribution in [0, 0.1) is 17.4 Å². The van der Waals surface area contributed by atoms with Crippen molar-refractivity contribution in [3.05, 3.63) is 84.4 Å². The molecule has 3 aromatic rings. The summed E-state index contributed by atoms with van der Waals surface area (Å²) in [6.45, 7) is 4.49. The van der Waals surface area contributed by atoms with Gasteiger partial charge in [-0.1, -0.05) is 35.3 Å². The third-order valence-corrected chi connectivity index (χ3v) is 5.88. The van der Waals surface area contributed by atoms with E-state index in [-0.39, 0.29) is 0 Å². The van der Waals surface area contributed by atoms with Gasteiger partial charge in [-0.05, 0) is 89.5 Å². The van der Waals surface area contributed by atoms with Crippen LogP contribution in [-0.4, -0.2) is 13.3 Å². The molecule has 0 aliphatic rings. The van der Waals surface area contributed by atoms with E-state index in [1.165, 1.54) is 11.1 Å². The number of hydrogen-bond acceptors (Lipinski definition) is 3. The minimum atomic E-state index is 0.318. The molecule has 0 N–H and O–H groups in total. The van der Waals surface area contributed by atoms with E-state index in [4.69, 9.17) is 32.7 Å². The Morgan fingerprint density at radius 1 is 1.00 bits per heavy atom. The van der Waals surface area contributed by atoms with Crippen LogP contribution in [0.1, 0.15) is 22.3 Å². The quantitative estimate of drug-likeness (QED) is 0.239. The Morgan fingerprint density at radius 2 is 1.79 bits per heavy atom. The molecule has 0 heterocycles. The molecule has 150 valence electrons. The van der Waals surface area contributed by atoms with Crippen molar-refractivity contribution in [3.8, 4) is 11.5 Å². The average molecular weight is 540 g/mol. The van der Waals surface area contributed by atoms with Crippen molar-refractivity contribution in [2.45, 2.75) is 20.5 Å². The first-order chi connectivity index (χ1) is 13.9. The highest BCUT2D eigenvalue weighted by Crippen LogP contribution is 2.35. The molecule has 0 aliphatic carbocycles. The molecule has 3 aromatic carbocycles. The number of hydrogen-bond donors (Lipinski definition) is 0. The number of methoxy groups -OCH3 is 1. The Labute approximate surface area is 194 Å². The zero-order valence-corrected chi connectivity index (χ0v) is 20.0. The normalized spacial score (nSPS) is 11.1. The summed E-state index contributed by atoms with van der Waals surface area (Å²) < 4.78 is 12.5. The standard InChI is InChI=1S/C23H20Cl2INO2/c1-14-4-7-19(8-15(14)2)27-12-16-9-21(26)23(22(10-16)28-3)29-13-17-5-6-18(24)11-20(17)25/h4-12H,13H2,1-3H3. The summed E-state index contributed by atoms with van der Waals surface area (Å²) in [6.07, 6.45) is 1.83. The van der Waals surface area contributed by atoms with Crippen LogP contribution in [0.4, 0.5) is 5.69 Å². The molecule has 0 saturated carbocycles. The molecule has 0 unspecified atom stereocenters. The lowest BCUT2D eigenvalue weighted by Gasteiger charge is -2.14. The van der Waals surface area contributed by atoms with Crippen LogP contribution in [0.5, 0.6) is 11.5 Å². The van der Waals surface area contributed by atoms with E-state index >= 15 is 0 Å². The molecule has 0 bridgehead atoms. The first-order valence-corrected chi connectivity index (χ1v) is 10.8. The summed E-state index contributed by atoms with van der Waals surface area (Å²) in [5.74, 6) is 1.31. The van der Waals surface area contributed by atoms with Crippen LogP contribution in [-0.2, 0) is 6.61 Å². The second-order valence-corrected chi connectivity index (χ2v) is 8.59. The molecule has 3 nitrogen and oxygen atoms in total. The molecule has 29 heavy (non-hydrogen) atoms. The van der Waals surface area contributed by atoms with Gasteiger partial charge in [0.05, 0.1) is 16.4 Å². The van der Waals surface area contributed by atoms with Gasteiger partial charge >= 0.3 is 0 Å². The van der Waals surface area contributed by atoms with Crippen molar-refractivity contribution < 1.29 is 9.47 Å². The van der Waals surface area contributed by atoms with Crippen molar-refractivity contribution in [3.63, 3.8) is 0 Å². The van der Waals surface area contributed by atoms with Crippen molar-refractivity contribution in [1.29, 1.82) is 0 Å². The lowest BCUT2D eigenvalue weighted by Crippen LogP contribution is -2.01. The van der Waals surface area contributed by atoms with E-state index in [0.29, 0.717) is 28.2 Å². The minimum absolute atomic E-state index is 0.318. The van der Waals surface area contributed by atoms with Gasteiger partial charge in [-0.25, -0.2) is 0 Å². The highest BCUT2D eigenvalue weighted by Gasteiger charge is 2.12. The monoisotopic (exact) mass is 539 g/mol. The molecule has 0 aromatic heterocycles. The van der Waals surface area contributed by atoms with Crippen molar-refractivity contribution in [2.75, 3.05) is 7.11 Å². The first kappa shape index (κ1) is 21.9. The summed E-state index contributed by atoms with van der Waals surface area (Å²) in [4.78, 5) is 4.58. The Morgan fingerprint density at radius 3 is 2.48 bits per heavy atom. The van der Waals surface area contributed by atoms with Crippen molar-refractivity contribution in [1.82, 2.24) is 0 Å². The van der Waals surface area contributed by atoms with Gasteiger partial charge in [0.15, 0.2) is 11.5 Å². The number of ether oxygens (including phenoxy) is 2. The molecule has 0 fully saturated rings. The molecule has 0 amide bonds. The van der Waals surface area contributed by atoms with Crippen molar-refractivity contribution >= 4 is 57.7 Å². The van der Waals surface area contributed by atoms with Crippen molar-refractivity contribution in [2.24, 2.45) is 4.99 Å². The van der Waals surface area contributed by atoms with E-state index < -0.39 is 0 Å². The van der Waals surface area contributed by atoms with E-state index in [1.54, 1.807) is 19.2 Å². The number of benzene rings is 3. The molecule has 0 aliphatic heterocycles. The Balaban J connectivity index is 1.81. The van der Waals surface area contributed by atoms with Gasteiger partial charge < -0.3 is 9.47 Å². The summed E-state index contributed by atoms with van der Waals surface area (Å²) in [6, 6.07) is 15.4. The summed E-state index contributed by atoms with van der Waals surface area (Å²) in [5, 5.41) is 1.17. The number of rotatable bonds is 6. The van der Waals surface area contributed by atoms with E-state index in [0.717, 1.165) is 20.4 Å². The SMILES string of the molecule is COc1cc(C=Nc2ccc(C)c(C)c2)cc(I)c1OCc1ccc(Cl)cc1Cl. The molecule has 0 atom stereocenters. The van der Waals surface area contributed by atoms with Gasteiger partial charge in [0.25, 0.3) is 0 Å². The second-order valence-electron chi connectivity index (χ2n) is 6.59. The van der Waals surface area contributed by atoms with E-state index in [2.05, 4.69) is 53.6 Å². The number of aliphatic imine (C=N–C) groups is 1. The zero-order chi connectivity index (χ0) is 21.0. The van der Waals surface area contributed by atoms with Crippen LogP contribution >= 0.6 is 45.8 Å². The fourth-order valence-corrected chi connectivity index (χ4v) is 3.94. The van der Waals surface area contributed by atoms with E-state index in [9.17, 15) is 0 Å². The van der Waals surface area contributed by atoms with Crippen LogP contribution in [0.25, 0.3) is 0 Å². The van der Waals surface area contributed by atoms with Gasteiger partial charge in [-0.3, -0.25) is 4.99 Å². The highest BCUT2D eigenvalue weighted by molar-refractivity contribution is 14.1. The summed E-state index contributed by atoms with van der Waals surface area (Å²) in [5.41, 5.74) is 5.18. The van der Waals surface area contributed by atoms with Crippen LogP contribution in [0.3, 0.4) is 0 Å². The zero-order valence-electron chi connectivity index (χ0n) is 16.3. The Bertz CT molecular complexity index is 1070. The maximum absolute atomic E-state index is 6.24. The molecule has 0 spiro atoms. The average Bonchev–Trinajstić information content (AvgIpc) is 2.69. The largest absolute Gasteiger partial charge is 0.493 e. The van der Waals surface area contributed by atoms with Crippen LogP contribution < -0.4 is 9.47 Å². The molecular formula is C23H20Cl2INO2. The molecular weight excluding hydrogens is 520 g/mol. The number of halogens is 3. The molecule has 3 rings (SSSR count). The van der Waals surface area contributed by atoms with Gasteiger partial charge in [-0.2, -0.15) is 0 Å². The van der Waals surface area contributed by atoms with Crippen LogP contribution in [0.2, 0.25) is 10.0 Å². The van der Waals surface area contributed by atoms with Crippen LogP contribution in [0.15, 0.2) is 53.5 Å². The Hall–Kier alpha value is -1.76. The maximum atomic E-state index is 6.24. The number of aryl methyl sites for hydroxylation is 2. The maximum Gasteiger partial charge on any atom is 0.174 e. The lowest BCUT2D eigenvalue weighted by atomic mass is 10.1. The van der Waals surface area contributed by atoms with Gasteiger partial charge in [0.2, 0.25) is 0 Å². The fourth-order valence-electron chi connectivity index (χ4n) is 2.70. The highest BCUT2D eigenvalue weighted by atomic mass is 127. The van der Waals surface area contributed by atoms with E-state index in [1.807, 2.05) is 30.5 Å². The van der Waals surface area contributed by atoms with Gasteiger partial charge in [0.1, 0.15) is 6.61 Å². The predicted octanol–water partition coefficient (Wildman–Crippen LogP) is 7.55. The molecule has 0 radical (unpaired) electrons.